The fourth-order valence-electron chi connectivity index (χ4n) is 15.7. The van der Waals surface area contributed by atoms with Gasteiger partial charge in [0.05, 0.1) is 58.6 Å². The Bertz CT molecular complexity index is 4640. The highest BCUT2D eigenvalue weighted by atomic mass is 35.5. The number of aromatic hydroxyl groups is 3. The molecular formula is C82H108Cl2N9O27P. The Morgan fingerprint density at radius 2 is 1.36 bits per heavy atom. The maximum atomic E-state index is 16.5. The predicted octanol–water partition coefficient (Wildman–Crippen LogP) is 4.67. The molecule has 662 valence electrons. The van der Waals surface area contributed by atoms with Crippen molar-refractivity contribution in [2.75, 3.05) is 39.6 Å². The molecule has 7 heterocycles. The minimum Gasteiger partial charge on any atom is -0.507 e. The molecule has 22 N–H and O–H groups in total. The number of rotatable bonds is 30. The Hall–Kier alpha value is -8.73. The van der Waals surface area contributed by atoms with Gasteiger partial charge >= 0.3 is 13.6 Å². The van der Waals surface area contributed by atoms with Crippen LogP contribution < -0.4 is 62.5 Å². The van der Waals surface area contributed by atoms with E-state index in [1.807, 2.05) is 13.8 Å². The third-order valence-corrected chi connectivity index (χ3v) is 23.5. The summed E-state index contributed by atoms with van der Waals surface area (Å²) < 4.78 is 51.6. The lowest BCUT2D eigenvalue weighted by Gasteiger charge is -2.48. The van der Waals surface area contributed by atoms with Gasteiger partial charge in [-0.3, -0.25) is 38.1 Å². The number of halogens is 2. The number of primary amides is 1. The number of benzene rings is 5. The van der Waals surface area contributed by atoms with Gasteiger partial charge in [0.2, 0.25) is 41.6 Å². The second-order valence-electron chi connectivity index (χ2n) is 31.9. The number of amides is 5. The van der Waals surface area contributed by atoms with Crippen molar-refractivity contribution in [2.45, 2.75) is 228 Å². The number of aliphatic carboxylic acids is 1. The first-order valence-corrected chi connectivity index (χ1v) is 42.7. The van der Waals surface area contributed by atoms with Crippen LogP contribution in [0, 0.1) is 11.8 Å². The molecular weight excluding hydrogens is 1640 g/mol. The summed E-state index contributed by atoms with van der Waals surface area (Å²) in [7, 11) is -3.35. The number of carbonyl (C=O) groups is 8. The summed E-state index contributed by atoms with van der Waals surface area (Å²) in [5.74, 6) is -19.8. The highest BCUT2D eigenvalue weighted by Crippen LogP contribution is 2.51. The average Bonchev–Trinajstić information content (AvgIpc) is 0.839. The maximum Gasteiger partial charge on any atom is 0.339 e. The van der Waals surface area contributed by atoms with Crippen molar-refractivity contribution in [3.63, 3.8) is 0 Å². The van der Waals surface area contributed by atoms with Crippen LogP contribution in [0.25, 0.3) is 11.1 Å². The number of nitrogens with one attached hydrogen (secondary N) is 8. The highest BCUT2D eigenvalue weighted by molar-refractivity contribution is 7.51. The average molecular weight is 1750 g/mol. The number of carboxylic acid groups (broad SMARTS) is 1. The summed E-state index contributed by atoms with van der Waals surface area (Å²) in [4.78, 5) is 139. The van der Waals surface area contributed by atoms with Crippen LogP contribution in [0.4, 0.5) is 0 Å². The number of ether oxygens (including phenoxy) is 6. The second kappa shape index (κ2) is 41.6. The van der Waals surface area contributed by atoms with E-state index >= 15 is 24.0 Å². The summed E-state index contributed by atoms with van der Waals surface area (Å²) in [5.41, 5.74) is 1.03. The van der Waals surface area contributed by atoms with E-state index in [2.05, 4.69) is 49.5 Å². The summed E-state index contributed by atoms with van der Waals surface area (Å²) in [5, 5.41) is 140. The van der Waals surface area contributed by atoms with E-state index < -0.39 is 275 Å². The molecule has 0 radical (unpaired) electrons. The number of aliphatic hydroxyl groups is 6. The number of hydrogen-bond donors (Lipinski definition) is 21. The molecule has 2 fully saturated rings. The molecule has 121 heavy (non-hydrogen) atoms. The summed E-state index contributed by atoms with van der Waals surface area (Å²) in [6, 6.07) is 3.02. The van der Waals surface area contributed by atoms with Gasteiger partial charge in [-0.1, -0.05) is 107 Å². The van der Waals surface area contributed by atoms with Crippen molar-refractivity contribution in [1.82, 2.24) is 42.5 Å². The van der Waals surface area contributed by atoms with E-state index in [1.165, 1.54) is 57.4 Å². The van der Waals surface area contributed by atoms with Crippen LogP contribution in [0.5, 0.6) is 46.0 Å². The van der Waals surface area contributed by atoms with Gasteiger partial charge in [-0.2, -0.15) is 0 Å². The first-order chi connectivity index (χ1) is 57.3. The molecule has 0 saturated carbocycles. The molecule has 0 spiro atoms. The molecule has 18 atom stereocenters. The first kappa shape index (κ1) is 94.5. The Morgan fingerprint density at radius 1 is 0.719 bits per heavy atom. The van der Waals surface area contributed by atoms with Crippen LogP contribution in [0.1, 0.15) is 182 Å². The molecule has 5 aromatic rings. The summed E-state index contributed by atoms with van der Waals surface area (Å²) in [6.45, 7) is 9.08. The van der Waals surface area contributed by atoms with E-state index in [9.17, 15) is 79.8 Å². The zero-order valence-corrected chi connectivity index (χ0v) is 69.9. The van der Waals surface area contributed by atoms with Gasteiger partial charge in [-0.05, 0) is 123 Å². The zero-order chi connectivity index (χ0) is 88.2. The number of carboxylic acids is 1. The lowest BCUT2D eigenvalue weighted by atomic mass is 9.84. The van der Waals surface area contributed by atoms with E-state index in [0.717, 1.165) is 80.4 Å². The number of Topliss-reactive ketones (excluding diaryl/α,β-unsaturated/α-hetero) is 2. The van der Waals surface area contributed by atoms with Crippen molar-refractivity contribution in [3.05, 3.63) is 116 Å². The Balaban J connectivity index is 1.17. The summed E-state index contributed by atoms with van der Waals surface area (Å²) >= 11 is 14.4. The number of carbonyl (C=O) groups excluding carboxylic acids is 7. The lowest BCUT2D eigenvalue weighted by molar-refractivity contribution is -0.334. The molecule has 11 bridgehead atoms. The number of unbranched alkanes of at least 4 members (excludes halogenated alkanes) is 7. The molecule has 9 unspecified atom stereocenters. The number of fused-ring (bicyclic) bond motifs is 15. The number of phenols is 3. The summed E-state index contributed by atoms with van der Waals surface area (Å²) in [6.07, 6.45) is -12.4. The second-order valence-corrected chi connectivity index (χ2v) is 34.3. The number of hydrogen-bond acceptors (Lipinski definition) is 28. The van der Waals surface area contributed by atoms with Crippen LogP contribution >= 0.6 is 30.8 Å². The molecule has 0 aliphatic carbocycles. The van der Waals surface area contributed by atoms with Crippen LogP contribution in [-0.2, 0) is 63.7 Å². The Labute approximate surface area is 707 Å². The Kier molecular flexibility index (Phi) is 32.5. The molecule has 36 nitrogen and oxygen atoms in total. The fourth-order valence-corrected chi connectivity index (χ4v) is 16.5. The standard InChI is InChI=1S/C82H108Cl2N9O27P/c1-7-8-9-10-11-12-13-14-21-87-22-23-89-82(5)34-62(115-39(4)75(82)105)119-74-72(104)71(103)60(36-94)118-81(74)120-73-58-29-43-30-59(73)117-57-20-17-42(27-50(57)84)69(101)67-79(109)91-65(80(110)111)47-33-53(96)48(35-88-37-121(112,113)114)70(102)63(47)46-25-40(15-18-52(46)95)45(77(107)93-67)32-55(98)64(43)90-76(106)44(31-61(85)99)28-54(97)66(92-78(108)51(86-6)24-38(2)3)68(100)41-16-19-56(116-58)49(83)26-41/h15-20,25-27,29-30,33,38-39,44-45,51,60,62,64-69,71-72,74-75,81,86-89,94-96,100-105H,7-14,21-24,28,31-32,34-37H2,1-6H3,(H2,85,99)(H,90,106)(H,91,109)(H,92,108)(H,93,107)(H,110,111)(H2,112,113,114)/t39?,44-,45+,51+,60?,62?,64+,65-,66-,67+,68+,69+,71?,72?,74?,75?,81?,82?/m0/s1. The highest BCUT2D eigenvalue weighted by Gasteiger charge is 2.52. The van der Waals surface area contributed by atoms with Crippen molar-refractivity contribution < 1.29 is 132 Å². The Morgan fingerprint density at radius 3 is 1.96 bits per heavy atom. The van der Waals surface area contributed by atoms with Crippen molar-refractivity contribution in [3.8, 4) is 57.1 Å². The van der Waals surface area contributed by atoms with E-state index in [1.54, 1.807) is 13.8 Å². The van der Waals surface area contributed by atoms with Gasteiger partial charge in [0.25, 0.3) is 0 Å². The van der Waals surface area contributed by atoms with Gasteiger partial charge in [0, 0.05) is 67.5 Å². The number of ketones is 2. The molecule has 5 amide bonds. The monoisotopic (exact) mass is 1750 g/mol. The third-order valence-electron chi connectivity index (χ3n) is 22.3. The smallest absolute Gasteiger partial charge is 0.339 e. The first-order valence-electron chi connectivity index (χ1n) is 40.2. The predicted molar refractivity (Wildman–Crippen MR) is 435 cm³/mol. The van der Waals surface area contributed by atoms with Gasteiger partial charge in [-0.15, -0.1) is 0 Å². The number of phenolic OH excluding ortho intramolecular Hbond substituents is 3. The molecule has 39 heteroatoms. The van der Waals surface area contributed by atoms with Crippen molar-refractivity contribution >= 4 is 77.9 Å². The minimum absolute atomic E-state index is 0.102. The third kappa shape index (κ3) is 23.2. The normalized spacial score (nSPS) is 26.8. The molecule has 0 aromatic heterocycles. The molecule has 5 aromatic carbocycles. The number of nitrogens with two attached hydrogens (primary N) is 1. The van der Waals surface area contributed by atoms with Crippen LogP contribution in [-0.4, -0.2) is 220 Å². The van der Waals surface area contributed by atoms with E-state index in [0.29, 0.717) is 13.1 Å². The van der Waals surface area contributed by atoms with Gasteiger partial charge in [0.1, 0.15) is 77.4 Å². The van der Waals surface area contributed by atoms with Crippen molar-refractivity contribution in [2.24, 2.45) is 17.6 Å². The van der Waals surface area contributed by atoms with Crippen LogP contribution in [0.15, 0.2) is 72.8 Å². The topological polar surface area (TPSA) is 574 Å². The molecule has 12 rings (SSSR count). The van der Waals surface area contributed by atoms with E-state index in [4.69, 9.17) is 57.4 Å². The van der Waals surface area contributed by atoms with Gasteiger partial charge in [0.15, 0.2) is 41.5 Å². The SMILES string of the molecule is CCCCCCCCCCNCCNC1(C)CC(OC2C(Oc3c4cc5cc3Oc3ccc(cc3Cl)[C@@H](O)[C@H]3NC(=O)[C@H](CC(=O)[C@@H]5NC(=O)[C@H](CC(N)=O)CC(=O)[C@H](NC(=O)[C@@H](CC(C)C)NC)[C@H](O)c5ccc(c(Cl)c5)O4)c4ccc(O)c(c4)-c4c(cc(O)c(CNCP(=O)(O)O)c4O)[C@@H](C(=O)O)NC3=O)OC(CO)C(O)C2O)OC(C)C1O. The zero-order valence-electron chi connectivity index (χ0n) is 67.5. The lowest BCUT2D eigenvalue weighted by Crippen LogP contribution is -2.65. The minimum atomic E-state index is -4.84. The molecule has 7 aliphatic heterocycles. The molecule has 2 saturated heterocycles. The quantitative estimate of drug-likeness (QED) is 0.0219. The number of aliphatic hydroxyl groups excluding tert-OH is 6. The number of likely N-dealkylation sites (N-methyl/N-ethyl adjacent to an activating group) is 1. The van der Waals surface area contributed by atoms with Gasteiger partial charge < -0.3 is 138 Å². The maximum absolute atomic E-state index is 16.5. The van der Waals surface area contributed by atoms with Crippen LogP contribution in [0.2, 0.25) is 10.0 Å². The van der Waals surface area contributed by atoms with Crippen LogP contribution in [0.3, 0.4) is 0 Å². The fraction of sp³-hybridized carbons (Fsp3) is 0.537. The molecule has 7 aliphatic rings. The van der Waals surface area contributed by atoms with E-state index in [-0.39, 0.29) is 46.2 Å². The van der Waals surface area contributed by atoms with Gasteiger partial charge in [-0.25, -0.2) is 4.79 Å². The largest absolute Gasteiger partial charge is 0.507 e. The van der Waals surface area contributed by atoms with Crippen molar-refractivity contribution in [1.29, 1.82) is 0 Å².